The summed E-state index contributed by atoms with van der Waals surface area (Å²) in [7, 11) is -2.31. The summed E-state index contributed by atoms with van der Waals surface area (Å²) in [6.45, 7) is 1.35. The second kappa shape index (κ2) is 8.41. The molecule has 8 nitrogen and oxygen atoms in total. The second-order valence-corrected chi connectivity index (χ2v) is 7.84. The molecule has 1 aromatic rings. The summed E-state index contributed by atoms with van der Waals surface area (Å²) in [4.78, 5) is 25.7. The minimum atomic E-state index is -3.53. The van der Waals surface area contributed by atoms with E-state index in [4.69, 9.17) is 0 Å². The van der Waals surface area contributed by atoms with Crippen LogP contribution < -0.4 is 5.32 Å². The summed E-state index contributed by atoms with van der Waals surface area (Å²) in [5.41, 5.74) is 1.09. The molecule has 0 radical (unpaired) electrons. The lowest BCUT2D eigenvalue weighted by Crippen LogP contribution is -2.60. The van der Waals surface area contributed by atoms with Crippen molar-refractivity contribution in [2.75, 3.05) is 39.5 Å². The largest absolute Gasteiger partial charge is 0.468 e. The first-order chi connectivity index (χ1) is 11.8. The molecule has 1 aliphatic heterocycles. The molecule has 1 heterocycles. The molecule has 138 valence electrons. The zero-order valence-corrected chi connectivity index (χ0v) is 15.2. The van der Waals surface area contributed by atoms with Crippen LogP contribution in [0.4, 0.5) is 0 Å². The average Bonchev–Trinajstić information content (AvgIpc) is 2.59. The fraction of sp³-hybridized carbons (Fsp3) is 0.500. The van der Waals surface area contributed by atoms with Gasteiger partial charge in [-0.2, -0.15) is 4.31 Å². The van der Waals surface area contributed by atoms with Crippen LogP contribution in [-0.4, -0.2) is 75.1 Å². The van der Waals surface area contributed by atoms with Crippen molar-refractivity contribution in [3.05, 3.63) is 35.9 Å². The number of esters is 1. The third kappa shape index (κ3) is 5.52. The fourth-order valence-corrected chi connectivity index (χ4v) is 3.81. The molecule has 1 fully saturated rings. The van der Waals surface area contributed by atoms with Gasteiger partial charge in [0.1, 0.15) is 12.6 Å². The second-order valence-electron chi connectivity index (χ2n) is 5.90. The Morgan fingerprint density at radius 2 is 1.92 bits per heavy atom. The Kier molecular flexibility index (Phi) is 6.51. The van der Waals surface area contributed by atoms with E-state index in [1.165, 1.54) is 11.4 Å². The minimum Gasteiger partial charge on any atom is -0.468 e. The van der Waals surface area contributed by atoms with E-state index in [1.54, 1.807) is 0 Å². The van der Waals surface area contributed by atoms with Crippen molar-refractivity contribution in [3.63, 3.8) is 0 Å². The number of carbonyl (C=O) groups is 2. The lowest BCUT2D eigenvalue weighted by atomic mass is 10.1. The minimum absolute atomic E-state index is 0.224. The zero-order chi connectivity index (χ0) is 18.4. The van der Waals surface area contributed by atoms with E-state index >= 15 is 0 Å². The first-order valence-corrected chi connectivity index (χ1v) is 9.73. The van der Waals surface area contributed by atoms with Gasteiger partial charge >= 0.3 is 5.97 Å². The van der Waals surface area contributed by atoms with Gasteiger partial charge < -0.3 is 10.1 Å². The summed E-state index contributed by atoms with van der Waals surface area (Å²) in [6.07, 6.45) is 1.08. The highest BCUT2D eigenvalue weighted by Gasteiger charge is 2.37. The highest BCUT2D eigenvalue weighted by Crippen LogP contribution is 2.16. The maximum Gasteiger partial charge on any atom is 0.325 e. The molecule has 2 rings (SSSR count). The summed E-state index contributed by atoms with van der Waals surface area (Å²) in [5, 5.41) is 2.44. The number of rotatable bonds is 6. The van der Waals surface area contributed by atoms with Crippen molar-refractivity contribution in [1.82, 2.24) is 14.5 Å². The molecule has 1 atom stereocenters. The third-order valence-electron chi connectivity index (χ3n) is 4.03. The lowest BCUT2D eigenvalue weighted by Gasteiger charge is -2.39. The Bertz CT molecular complexity index is 708. The molecular formula is C16H23N3O5S. The average molecular weight is 369 g/mol. The number of ether oxygens (including phenoxy) is 1. The Morgan fingerprint density at radius 1 is 1.24 bits per heavy atom. The quantitative estimate of drug-likeness (QED) is 0.674. The number of nitrogens with zero attached hydrogens (tertiary/aromatic N) is 2. The number of amides is 1. The molecule has 0 aromatic heterocycles. The van der Waals surface area contributed by atoms with Crippen molar-refractivity contribution < 1.29 is 22.7 Å². The van der Waals surface area contributed by atoms with Gasteiger partial charge in [-0.15, -0.1) is 0 Å². The van der Waals surface area contributed by atoms with Crippen molar-refractivity contribution in [3.8, 4) is 0 Å². The van der Waals surface area contributed by atoms with Crippen molar-refractivity contribution in [2.24, 2.45) is 0 Å². The van der Waals surface area contributed by atoms with Gasteiger partial charge in [0, 0.05) is 26.2 Å². The smallest absolute Gasteiger partial charge is 0.325 e. The first-order valence-electron chi connectivity index (χ1n) is 7.89. The monoisotopic (exact) mass is 369 g/mol. The van der Waals surface area contributed by atoms with Crippen LogP contribution in [0.1, 0.15) is 5.56 Å². The molecule has 9 heteroatoms. The summed E-state index contributed by atoms with van der Waals surface area (Å²) in [6, 6.07) is 8.88. The van der Waals surface area contributed by atoms with Crippen LogP contribution in [0.25, 0.3) is 0 Å². The van der Waals surface area contributed by atoms with E-state index < -0.39 is 27.9 Å². The van der Waals surface area contributed by atoms with Crippen LogP contribution in [-0.2, 0) is 30.9 Å². The van der Waals surface area contributed by atoms with Crippen molar-refractivity contribution >= 4 is 21.9 Å². The summed E-state index contributed by atoms with van der Waals surface area (Å²) < 4.78 is 29.7. The van der Waals surface area contributed by atoms with Crippen LogP contribution >= 0.6 is 0 Å². The summed E-state index contributed by atoms with van der Waals surface area (Å²) >= 11 is 0. The number of piperazine rings is 1. The van der Waals surface area contributed by atoms with E-state index in [1.807, 2.05) is 35.2 Å². The van der Waals surface area contributed by atoms with Crippen LogP contribution in [0.15, 0.2) is 30.3 Å². The van der Waals surface area contributed by atoms with Gasteiger partial charge in [-0.05, 0) is 5.56 Å². The molecule has 0 saturated carbocycles. The van der Waals surface area contributed by atoms with E-state index in [0.717, 1.165) is 11.8 Å². The molecule has 0 bridgehead atoms. The Morgan fingerprint density at radius 3 is 2.52 bits per heavy atom. The van der Waals surface area contributed by atoms with E-state index in [9.17, 15) is 18.0 Å². The molecule has 0 spiro atoms. The Hall–Kier alpha value is -1.97. The maximum atomic E-state index is 12.4. The van der Waals surface area contributed by atoms with Crippen LogP contribution in [0, 0.1) is 0 Å². The van der Waals surface area contributed by atoms with Gasteiger partial charge in [-0.1, -0.05) is 30.3 Å². The molecule has 1 aromatic carbocycles. The number of benzene rings is 1. The molecule has 1 N–H and O–H groups in total. The van der Waals surface area contributed by atoms with Gasteiger partial charge in [-0.3, -0.25) is 14.5 Å². The lowest BCUT2D eigenvalue weighted by molar-refractivity contribution is -0.141. The van der Waals surface area contributed by atoms with Gasteiger partial charge in [0.05, 0.1) is 13.4 Å². The van der Waals surface area contributed by atoms with Crippen LogP contribution in [0.3, 0.4) is 0 Å². The van der Waals surface area contributed by atoms with E-state index in [-0.39, 0.29) is 19.6 Å². The molecule has 0 aliphatic carbocycles. The maximum absolute atomic E-state index is 12.4. The van der Waals surface area contributed by atoms with Gasteiger partial charge in [0.15, 0.2) is 0 Å². The molecule has 25 heavy (non-hydrogen) atoms. The van der Waals surface area contributed by atoms with Gasteiger partial charge in [0.2, 0.25) is 15.9 Å². The van der Waals surface area contributed by atoms with Crippen molar-refractivity contribution in [1.29, 1.82) is 0 Å². The normalized spacial score (nSPS) is 19.4. The van der Waals surface area contributed by atoms with E-state index in [2.05, 4.69) is 10.1 Å². The molecule has 1 aliphatic rings. The highest BCUT2D eigenvalue weighted by molar-refractivity contribution is 7.88. The topological polar surface area (TPSA) is 96.0 Å². The first kappa shape index (κ1) is 19.4. The number of sulfonamides is 1. The molecule has 1 unspecified atom stereocenters. The Balaban J connectivity index is 2.08. The van der Waals surface area contributed by atoms with Crippen LogP contribution in [0.2, 0.25) is 0 Å². The number of hydrogen-bond donors (Lipinski definition) is 1. The number of nitrogens with one attached hydrogen (secondary N) is 1. The third-order valence-corrected chi connectivity index (χ3v) is 5.32. The number of carbonyl (C=O) groups excluding carboxylic acids is 2. The SMILES string of the molecule is COC(=O)CNC(=O)C1CN(Cc2ccccc2)CCN1S(C)(=O)=O. The van der Waals surface area contributed by atoms with Crippen molar-refractivity contribution in [2.45, 2.75) is 12.6 Å². The predicted molar refractivity (Wildman–Crippen MR) is 92.1 cm³/mol. The van der Waals surface area contributed by atoms with Crippen LogP contribution in [0.5, 0.6) is 0 Å². The molecule has 1 amide bonds. The zero-order valence-electron chi connectivity index (χ0n) is 14.3. The Labute approximate surface area is 147 Å². The van der Waals surface area contributed by atoms with Gasteiger partial charge in [0.25, 0.3) is 0 Å². The van der Waals surface area contributed by atoms with E-state index in [0.29, 0.717) is 13.1 Å². The number of methoxy groups -OCH3 is 1. The fourth-order valence-electron chi connectivity index (χ4n) is 2.77. The number of hydrogen-bond acceptors (Lipinski definition) is 6. The molecular weight excluding hydrogens is 346 g/mol. The summed E-state index contributed by atoms with van der Waals surface area (Å²) in [5.74, 6) is -1.09. The standard InChI is InChI=1S/C16H23N3O5S/c1-24-15(20)10-17-16(21)14-12-18(8-9-19(14)25(2,22)23)11-13-6-4-3-5-7-13/h3-7,14H,8-12H2,1-2H3,(H,17,21). The van der Waals surface area contributed by atoms with Gasteiger partial charge in [-0.25, -0.2) is 8.42 Å². The predicted octanol–water partition coefficient (Wildman–Crippen LogP) is -0.578. The highest BCUT2D eigenvalue weighted by atomic mass is 32.2. The molecule has 1 saturated heterocycles.